The monoisotopic (exact) mass is 226 g/mol. The minimum Gasteiger partial charge on any atom is -0.392 e. The quantitative estimate of drug-likeness (QED) is 0.786. The number of aliphatic hydroxyl groups excluding tert-OH is 1. The van der Waals surface area contributed by atoms with Crippen molar-refractivity contribution >= 4 is 23.1 Å². The van der Waals surface area contributed by atoms with E-state index in [0.717, 1.165) is 4.34 Å². The third-order valence-corrected chi connectivity index (χ3v) is 3.05. The lowest BCUT2D eigenvalue weighted by Crippen LogP contribution is -1.90. The largest absolute Gasteiger partial charge is 0.392 e. The summed E-state index contributed by atoms with van der Waals surface area (Å²) in [5, 5.41) is 16.9. The zero-order chi connectivity index (χ0) is 9.80. The van der Waals surface area contributed by atoms with Crippen molar-refractivity contribution in [3.05, 3.63) is 23.5 Å². The molecule has 72 valence electrons. The molecule has 5 nitrogen and oxygen atoms in total. The molecule has 0 radical (unpaired) electrons. The molecule has 2 heterocycles. The van der Waals surface area contributed by atoms with Gasteiger partial charge in [0.1, 0.15) is 5.51 Å². The Balaban J connectivity index is 2.10. The first kappa shape index (κ1) is 9.50. The van der Waals surface area contributed by atoms with Crippen molar-refractivity contribution in [3.8, 4) is 0 Å². The molecule has 0 saturated heterocycles. The summed E-state index contributed by atoms with van der Waals surface area (Å²) >= 11 is 2.79. The number of aromatic nitrogens is 4. The molecular weight excluding hydrogens is 220 g/mol. The number of hydrogen-bond acceptors (Lipinski definition) is 7. The predicted molar refractivity (Wildman–Crippen MR) is 52.0 cm³/mol. The van der Waals surface area contributed by atoms with Crippen LogP contribution in [0, 0.1) is 0 Å². The highest BCUT2D eigenvalue weighted by Crippen LogP contribution is 2.24. The van der Waals surface area contributed by atoms with E-state index in [4.69, 9.17) is 5.11 Å². The highest BCUT2D eigenvalue weighted by atomic mass is 32.2. The Kier molecular flexibility index (Phi) is 3.02. The molecule has 0 unspecified atom stereocenters. The van der Waals surface area contributed by atoms with E-state index in [1.54, 1.807) is 17.9 Å². The van der Waals surface area contributed by atoms with Gasteiger partial charge < -0.3 is 5.11 Å². The summed E-state index contributed by atoms with van der Waals surface area (Å²) in [5.74, 6) is 0. The van der Waals surface area contributed by atoms with E-state index in [9.17, 15) is 0 Å². The van der Waals surface area contributed by atoms with Gasteiger partial charge in [0.2, 0.25) is 0 Å². The Hall–Kier alpha value is -1.05. The molecule has 2 rings (SSSR count). The summed E-state index contributed by atoms with van der Waals surface area (Å²) in [6, 6.07) is 0. The maximum absolute atomic E-state index is 8.78. The maximum atomic E-state index is 8.78. The first-order valence-corrected chi connectivity index (χ1v) is 5.44. The van der Waals surface area contributed by atoms with Gasteiger partial charge in [-0.2, -0.15) is 0 Å². The van der Waals surface area contributed by atoms with Crippen LogP contribution in [-0.4, -0.2) is 25.3 Å². The predicted octanol–water partition coefficient (Wildman–Crippen LogP) is 0.972. The number of hydrogen-bond donors (Lipinski definition) is 1. The standard InChI is InChI=1S/C7H6N4OS2/c12-3-5-1-8-6(9-2-5)14-7-11-10-4-13-7/h1-2,4,12H,3H2. The van der Waals surface area contributed by atoms with Gasteiger partial charge in [-0.05, 0) is 11.8 Å². The topological polar surface area (TPSA) is 71.8 Å². The SMILES string of the molecule is OCc1cnc(Sc2nncs2)nc1. The van der Waals surface area contributed by atoms with Crippen LogP contribution in [-0.2, 0) is 6.61 Å². The number of aliphatic hydroxyl groups is 1. The van der Waals surface area contributed by atoms with Crippen LogP contribution >= 0.6 is 23.1 Å². The van der Waals surface area contributed by atoms with Crippen LogP contribution in [0.5, 0.6) is 0 Å². The third-order valence-electron chi connectivity index (χ3n) is 1.38. The van der Waals surface area contributed by atoms with Gasteiger partial charge in [0.25, 0.3) is 0 Å². The lowest BCUT2D eigenvalue weighted by atomic mass is 10.4. The van der Waals surface area contributed by atoms with Crippen molar-refractivity contribution in [1.82, 2.24) is 20.2 Å². The van der Waals surface area contributed by atoms with E-state index in [1.165, 1.54) is 23.1 Å². The van der Waals surface area contributed by atoms with E-state index >= 15 is 0 Å². The average molecular weight is 226 g/mol. The molecule has 0 aliphatic carbocycles. The minimum atomic E-state index is -0.0379. The van der Waals surface area contributed by atoms with Crippen LogP contribution in [0.15, 0.2) is 27.4 Å². The zero-order valence-electron chi connectivity index (χ0n) is 6.99. The molecule has 0 saturated carbocycles. The number of nitrogens with zero attached hydrogens (tertiary/aromatic N) is 4. The molecule has 0 bridgehead atoms. The first-order valence-electron chi connectivity index (χ1n) is 3.74. The average Bonchev–Trinajstić information content (AvgIpc) is 2.72. The molecule has 0 spiro atoms. The molecular formula is C7H6N4OS2. The Morgan fingerprint density at radius 1 is 1.36 bits per heavy atom. The fraction of sp³-hybridized carbons (Fsp3) is 0.143. The van der Waals surface area contributed by atoms with E-state index in [0.29, 0.717) is 10.7 Å². The van der Waals surface area contributed by atoms with Gasteiger partial charge in [-0.1, -0.05) is 11.3 Å². The van der Waals surface area contributed by atoms with Gasteiger partial charge in [-0.15, -0.1) is 10.2 Å². The fourth-order valence-corrected chi connectivity index (χ4v) is 2.04. The van der Waals surface area contributed by atoms with E-state index in [-0.39, 0.29) is 6.61 Å². The molecule has 0 atom stereocenters. The number of rotatable bonds is 3. The fourth-order valence-electron chi connectivity index (χ4n) is 0.763. The molecule has 0 aromatic carbocycles. The summed E-state index contributed by atoms with van der Waals surface area (Å²) < 4.78 is 0.807. The van der Waals surface area contributed by atoms with Crippen LogP contribution in [0.2, 0.25) is 0 Å². The van der Waals surface area contributed by atoms with Crippen molar-refractivity contribution < 1.29 is 5.11 Å². The van der Waals surface area contributed by atoms with Crippen LogP contribution in [0.1, 0.15) is 5.56 Å². The second kappa shape index (κ2) is 4.45. The van der Waals surface area contributed by atoms with Gasteiger partial charge in [-0.25, -0.2) is 9.97 Å². The summed E-state index contributed by atoms with van der Waals surface area (Å²) in [7, 11) is 0. The summed E-state index contributed by atoms with van der Waals surface area (Å²) in [6.07, 6.45) is 3.19. The maximum Gasteiger partial charge on any atom is 0.194 e. The van der Waals surface area contributed by atoms with Crippen molar-refractivity contribution in [1.29, 1.82) is 0 Å². The molecule has 14 heavy (non-hydrogen) atoms. The molecule has 2 aromatic heterocycles. The molecule has 1 N–H and O–H groups in total. The van der Waals surface area contributed by atoms with Crippen molar-refractivity contribution in [2.24, 2.45) is 0 Å². The molecule has 2 aromatic rings. The molecule has 0 aliphatic rings. The highest BCUT2D eigenvalue weighted by Gasteiger charge is 2.02. The van der Waals surface area contributed by atoms with Crippen LogP contribution < -0.4 is 0 Å². The third kappa shape index (κ3) is 2.25. The van der Waals surface area contributed by atoms with Crippen molar-refractivity contribution in [2.75, 3.05) is 0 Å². The second-order valence-electron chi connectivity index (χ2n) is 2.34. The molecule has 7 heteroatoms. The van der Waals surface area contributed by atoms with Crippen molar-refractivity contribution in [3.63, 3.8) is 0 Å². The van der Waals surface area contributed by atoms with Gasteiger partial charge >= 0.3 is 0 Å². The summed E-state index contributed by atoms with van der Waals surface area (Å²) in [5.41, 5.74) is 2.36. The van der Waals surface area contributed by atoms with Gasteiger partial charge in [-0.3, -0.25) is 0 Å². The lowest BCUT2D eigenvalue weighted by Gasteiger charge is -1.96. The smallest absolute Gasteiger partial charge is 0.194 e. The second-order valence-corrected chi connectivity index (χ2v) is 4.39. The normalized spacial score (nSPS) is 10.4. The van der Waals surface area contributed by atoms with Crippen LogP contribution in [0.3, 0.4) is 0 Å². The van der Waals surface area contributed by atoms with Gasteiger partial charge in [0, 0.05) is 18.0 Å². The zero-order valence-corrected chi connectivity index (χ0v) is 8.62. The van der Waals surface area contributed by atoms with Crippen LogP contribution in [0.25, 0.3) is 0 Å². The summed E-state index contributed by atoms with van der Waals surface area (Å²) in [4.78, 5) is 8.11. The minimum absolute atomic E-state index is 0.0379. The van der Waals surface area contributed by atoms with Gasteiger partial charge in [0.15, 0.2) is 9.50 Å². The Morgan fingerprint density at radius 3 is 2.71 bits per heavy atom. The lowest BCUT2D eigenvalue weighted by molar-refractivity contribution is 0.280. The van der Waals surface area contributed by atoms with E-state index < -0.39 is 0 Å². The Bertz CT molecular complexity index is 389. The Labute approximate surface area is 88.3 Å². The molecule has 0 fully saturated rings. The van der Waals surface area contributed by atoms with Gasteiger partial charge in [0.05, 0.1) is 6.61 Å². The summed E-state index contributed by atoms with van der Waals surface area (Å²) in [6.45, 7) is -0.0379. The van der Waals surface area contributed by atoms with Crippen molar-refractivity contribution in [2.45, 2.75) is 16.1 Å². The highest BCUT2D eigenvalue weighted by molar-refractivity contribution is 8.00. The Morgan fingerprint density at radius 2 is 2.14 bits per heavy atom. The van der Waals surface area contributed by atoms with E-state index in [1.807, 2.05) is 0 Å². The molecule has 0 amide bonds. The van der Waals surface area contributed by atoms with Crippen LogP contribution in [0.4, 0.5) is 0 Å². The first-order chi connectivity index (χ1) is 6.88. The molecule has 0 aliphatic heterocycles. The van der Waals surface area contributed by atoms with E-state index in [2.05, 4.69) is 20.2 Å².